The minimum Gasteiger partial charge on any atom is -0.496 e. The number of aromatic nitrogens is 1. The van der Waals surface area contributed by atoms with Crippen LogP contribution in [0.5, 0.6) is 5.75 Å². The largest absolute Gasteiger partial charge is 0.496 e. The SMILES string of the molecule is COc1cc(N(C(=O)[C@H]2CN(C(=O)OC(C)(C)C)C[C@@H](C(=O)O)[C@H]2O)C2CC2)ncc1C(C)C. The van der Waals surface area contributed by atoms with E-state index in [1.165, 1.54) is 9.80 Å². The van der Waals surface area contributed by atoms with Crippen molar-refractivity contribution in [1.82, 2.24) is 9.88 Å². The van der Waals surface area contributed by atoms with Gasteiger partial charge in [0.05, 0.1) is 19.1 Å². The van der Waals surface area contributed by atoms with Gasteiger partial charge in [0.1, 0.15) is 23.1 Å². The van der Waals surface area contributed by atoms with E-state index in [1.54, 1.807) is 40.1 Å². The number of carboxylic acids is 1. The van der Waals surface area contributed by atoms with Crippen LogP contribution in [-0.2, 0) is 14.3 Å². The summed E-state index contributed by atoms with van der Waals surface area (Å²) in [7, 11) is 1.55. The quantitative estimate of drug-likeness (QED) is 0.640. The molecule has 10 heteroatoms. The van der Waals surface area contributed by atoms with Crippen molar-refractivity contribution < 1.29 is 34.1 Å². The molecule has 3 atom stereocenters. The number of carbonyl (C=O) groups is 3. The summed E-state index contributed by atoms with van der Waals surface area (Å²) in [6.07, 6.45) is 1.03. The number of methoxy groups -OCH3 is 1. The van der Waals surface area contributed by atoms with Crippen LogP contribution in [0.25, 0.3) is 0 Å². The molecule has 0 unspecified atom stereocenters. The van der Waals surface area contributed by atoms with E-state index in [-0.39, 0.29) is 25.0 Å². The van der Waals surface area contributed by atoms with Gasteiger partial charge in [0, 0.05) is 37.0 Å². The van der Waals surface area contributed by atoms with Gasteiger partial charge in [-0.25, -0.2) is 9.78 Å². The molecule has 0 spiro atoms. The minimum atomic E-state index is -1.46. The summed E-state index contributed by atoms with van der Waals surface area (Å²) in [6.45, 7) is 8.75. The average molecular weight is 478 g/mol. The smallest absolute Gasteiger partial charge is 0.410 e. The summed E-state index contributed by atoms with van der Waals surface area (Å²) in [4.78, 5) is 45.5. The molecule has 1 aromatic rings. The molecule has 2 aliphatic rings. The number of anilines is 1. The van der Waals surface area contributed by atoms with Crippen LogP contribution in [0.15, 0.2) is 12.3 Å². The predicted octanol–water partition coefficient (Wildman–Crippen LogP) is 2.64. The Bertz CT molecular complexity index is 939. The number of hydrogen-bond donors (Lipinski definition) is 2. The fourth-order valence-electron chi connectivity index (χ4n) is 4.14. The summed E-state index contributed by atoms with van der Waals surface area (Å²) >= 11 is 0. The van der Waals surface area contributed by atoms with Crippen molar-refractivity contribution >= 4 is 23.8 Å². The molecule has 188 valence electrons. The van der Waals surface area contributed by atoms with Crippen LogP contribution in [0, 0.1) is 11.8 Å². The second-order valence-electron chi connectivity index (χ2n) is 10.3. The van der Waals surface area contributed by atoms with Gasteiger partial charge in [-0.2, -0.15) is 0 Å². The predicted molar refractivity (Wildman–Crippen MR) is 124 cm³/mol. The summed E-state index contributed by atoms with van der Waals surface area (Å²) in [5.74, 6) is -3.06. The number of carboxylic acid groups (broad SMARTS) is 1. The fourth-order valence-corrected chi connectivity index (χ4v) is 4.14. The average Bonchev–Trinajstić information content (AvgIpc) is 3.57. The van der Waals surface area contributed by atoms with Crippen molar-refractivity contribution in [2.45, 2.75) is 71.1 Å². The second kappa shape index (κ2) is 9.77. The van der Waals surface area contributed by atoms with Gasteiger partial charge in [-0.3, -0.25) is 14.5 Å². The zero-order valence-electron chi connectivity index (χ0n) is 20.6. The molecule has 3 rings (SSSR count). The summed E-state index contributed by atoms with van der Waals surface area (Å²) < 4.78 is 10.9. The summed E-state index contributed by atoms with van der Waals surface area (Å²) in [5.41, 5.74) is 0.110. The van der Waals surface area contributed by atoms with Crippen LogP contribution >= 0.6 is 0 Å². The number of aliphatic hydroxyl groups is 1. The number of hydrogen-bond acceptors (Lipinski definition) is 7. The number of rotatable bonds is 6. The number of piperidine rings is 1. The van der Waals surface area contributed by atoms with Crippen LogP contribution in [0.2, 0.25) is 0 Å². The number of pyridine rings is 1. The second-order valence-corrected chi connectivity index (χ2v) is 10.3. The van der Waals surface area contributed by atoms with E-state index in [0.29, 0.717) is 11.6 Å². The molecule has 2 fully saturated rings. The number of likely N-dealkylation sites (tertiary alicyclic amines) is 1. The fraction of sp³-hybridized carbons (Fsp3) is 0.667. The van der Waals surface area contributed by atoms with Crippen LogP contribution in [0.3, 0.4) is 0 Å². The van der Waals surface area contributed by atoms with Gasteiger partial charge >= 0.3 is 12.1 Å². The van der Waals surface area contributed by atoms with Gasteiger partial charge < -0.3 is 24.6 Å². The minimum absolute atomic E-state index is 0.109. The lowest BCUT2D eigenvalue weighted by Crippen LogP contribution is -2.59. The van der Waals surface area contributed by atoms with Gasteiger partial charge in [0.15, 0.2) is 0 Å². The zero-order chi connectivity index (χ0) is 25.4. The standard InChI is InChI=1S/C24H35N3O7/c1-13(2)15-10-25-19(9-18(15)33-6)27(14-7-8-14)21(29)16-11-26(23(32)34-24(3,4)5)12-17(20(16)28)22(30)31/h9-10,13-14,16-17,20,28H,7-8,11-12H2,1-6H3,(H,30,31)/t16-,17+,20-/m0/s1. The van der Waals surface area contributed by atoms with E-state index >= 15 is 0 Å². The molecule has 2 amide bonds. The van der Waals surface area contributed by atoms with Gasteiger partial charge in [-0.15, -0.1) is 0 Å². The van der Waals surface area contributed by atoms with E-state index in [9.17, 15) is 24.6 Å². The Labute approximate surface area is 199 Å². The van der Waals surface area contributed by atoms with Crippen molar-refractivity contribution in [3.05, 3.63) is 17.8 Å². The zero-order valence-corrected chi connectivity index (χ0v) is 20.6. The molecule has 1 aromatic heterocycles. The van der Waals surface area contributed by atoms with Crippen molar-refractivity contribution in [2.75, 3.05) is 25.1 Å². The highest BCUT2D eigenvalue weighted by atomic mass is 16.6. The van der Waals surface area contributed by atoms with Gasteiger partial charge in [-0.1, -0.05) is 13.8 Å². The first-order valence-corrected chi connectivity index (χ1v) is 11.6. The maximum Gasteiger partial charge on any atom is 0.410 e. The lowest BCUT2D eigenvalue weighted by molar-refractivity contribution is -0.153. The monoisotopic (exact) mass is 477 g/mol. The van der Waals surface area contributed by atoms with Crippen molar-refractivity contribution in [2.24, 2.45) is 11.8 Å². The number of carbonyl (C=O) groups excluding carboxylic acids is 2. The Morgan fingerprint density at radius 3 is 2.29 bits per heavy atom. The molecule has 0 aromatic carbocycles. The molecule has 1 aliphatic heterocycles. The van der Waals surface area contributed by atoms with E-state index in [0.717, 1.165) is 18.4 Å². The summed E-state index contributed by atoms with van der Waals surface area (Å²) in [6, 6.07) is 1.59. The molecule has 1 aliphatic carbocycles. The van der Waals surface area contributed by atoms with Crippen LogP contribution < -0.4 is 9.64 Å². The van der Waals surface area contributed by atoms with E-state index in [1.807, 2.05) is 13.8 Å². The number of nitrogens with zero attached hydrogens (tertiary/aromatic N) is 3. The Hall–Kier alpha value is -2.88. The van der Waals surface area contributed by atoms with Crippen molar-refractivity contribution in [3.8, 4) is 5.75 Å². The lowest BCUT2D eigenvalue weighted by atomic mass is 9.85. The molecule has 34 heavy (non-hydrogen) atoms. The Morgan fingerprint density at radius 2 is 1.79 bits per heavy atom. The molecular formula is C24H35N3O7. The highest BCUT2D eigenvalue weighted by Crippen LogP contribution is 2.37. The maximum absolute atomic E-state index is 13.7. The molecule has 2 N–H and O–H groups in total. The number of ether oxygens (including phenoxy) is 2. The Morgan fingerprint density at radius 1 is 1.18 bits per heavy atom. The van der Waals surface area contributed by atoms with Crippen LogP contribution in [0.1, 0.15) is 58.9 Å². The van der Waals surface area contributed by atoms with Gasteiger partial charge in [0.25, 0.3) is 0 Å². The van der Waals surface area contributed by atoms with Crippen molar-refractivity contribution in [1.29, 1.82) is 0 Å². The lowest BCUT2D eigenvalue weighted by Gasteiger charge is -2.41. The first kappa shape index (κ1) is 25.7. The van der Waals surface area contributed by atoms with E-state index in [4.69, 9.17) is 9.47 Å². The molecule has 2 heterocycles. The molecule has 10 nitrogen and oxygen atoms in total. The third kappa shape index (κ3) is 5.60. The maximum atomic E-state index is 13.7. The first-order chi connectivity index (χ1) is 15.8. The third-order valence-electron chi connectivity index (χ3n) is 6.06. The molecular weight excluding hydrogens is 442 g/mol. The summed E-state index contributed by atoms with van der Waals surface area (Å²) in [5, 5.41) is 20.5. The van der Waals surface area contributed by atoms with E-state index in [2.05, 4.69) is 4.98 Å². The van der Waals surface area contributed by atoms with Crippen LogP contribution in [0.4, 0.5) is 10.6 Å². The van der Waals surface area contributed by atoms with Crippen molar-refractivity contribution in [3.63, 3.8) is 0 Å². The molecule has 1 saturated carbocycles. The van der Waals surface area contributed by atoms with E-state index < -0.39 is 41.5 Å². The Balaban J connectivity index is 1.93. The topological polar surface area (TPSA) is 130 Å². The van der Waals surface area contributed by atoms with Crippen LogP contribution in [-0.4, -0.2) is 76.0 Å². The molecule has 0 radical (unpaired) electrons. The number of aliphatic carboxylic acids is 1. The molecule has 1 saturated heterocycles. The number of aliphatic hydroxyl groups excluding tert-OH is 1. The Kier molecular flexibility index (Phi) is 7.40. The van der Waals surface area contributed by atoms with Gasteiger partial charge in [0.2, 0.25) is 5.91 Å². The highest BCUT2D eigenvalue weighted by molar-refractivity contribution is 5.97. The third-order valence-corrected chi connectivity index (χ3v) is 6.06. The number of amides is 2. The first-order valence-electron chi connectivity index (χ1n) is 11.6. The van der Waals surface area contributed by atoms with Gasteiger partial charge in [-0.05, 0) is 39.5 Å². The molecule has 0 bridgehead atoms. The highest BCUT2D eigenvalue weighted by Gasteiger charge is 2.49. The normalized spacial score (nSPS) is 22.9.